The summed E-state index contributed by atoms with van der Waals surface area (Å²) in [5.74, 6) is 1.37. The third-order valence-electron chi connectivity index (χ3n) is 2.90. The molecule has 0 unspecified atom stereocenters. The Morgan fingerprint density at radius 1 is 0.947 bits per heavy atom. The van der Waals surface area contributed by atoms with Crippen molar-refractivity contribution in [1.29, 1.82) is 0 Å². The fourth-order valence-electron chi connectivity index (χ4n) is 1.97. The van der Waals surface area contributed by atoms with E-state index in [1.54, 1.807) is 11.8 Å². The minimum absolute atomic E-state index is 0.368. The van der Waals surface area contributed by atoms with Crippen LogP contribution in [0.3, 0.4) is 0 Å². The molecule has 96 valence electrons. The first-order valence-corrected chi connectivity index (χ1v) is 7.13. The number of benzene rings is 1. The van der Waals surface area contributed by atoms with Gasteiger partial charge in [0, 0.05) is 21.9 Å². The van der Waals surface area contributed by atoms with Crippen molar-refractivity contribution in [3.63, 3.8) is 0 Å². The van der Waals surface area contributed by atoms with Gasteiger partial charge in [0.05, 0.1) is 0 Å². The first kappa shape index (κ1) is 12.2. The molecule has 3 rings (SSSR count). The molecule has 4 heteroatoms. The Morgan fingerprint density at radius 2 is 1.74 bits per heavy atom. The summed E-state index contributed by atoms with van der Waals surface area (Å²) in [5, 5.41) is 8.44. The van der Waals surface area contributed by atoms with Crippen molar-refractivity contribution in [3.05, 3.63) is 54.5 Å². The smallest absolute Gasteiger partial charge is 0.160 e. The van der Waals surface area contributed by atoms with Gasteiger partial charge in [-0.15, -0.1) is 10.2 Å². The van der Waals surface area contributed by atoms with E-state index in [9.17, 15) is 0 Å². The van der Waals surface area contributed by atoms with Crippen molar-refractivity contribution in [2.75, 3.05) is 0 Å². The van der Waals surface area contributed by atoms with Gasteiger partial charge in [-0.1, -0.05) is 43.8 Å². The molecule has 0 atom stereocenters. The maximum atomic E-state index is 4.25. The lowest BCUT2D eigenvalue weighted by Gasteiger charge is -2.05. The highest BCUT2D eigenvalue weighted by atomic mass is 32.2. The number of nitrogens with zero attached hydrogens (tertiary/aromatic N) is 3. The summed E-state index contributed by atoms with van der Waals surface area (Å²) in [4.78, 5) is 2.43. The molecule has 0 aliphatic rings. The zero-order valence-corrected chi connectivity index (χ0v) is 11.8. The van der Waals surface area contributed by atoms with Gasteiger partial charge in [0.1, 0.15) is 5.82 Å². The number of pyridine rings is 1. The molecular weight excluding hydrogens is 254 g/mol. The van der Waals surface area contributed by atoms with Gasteiger partial charge in [-0.05, 0) is 24.3 Å². The maximum Gasteiger partial charge on any atom is 0.160 e. The Kier molecular flexibility index (Phi) is 3.25. The molecule has 0 saturated heterocycles. The van der Waals surface area contributed by atoms with Gasteiger partial charge >= 0.3 is 0 Å². The van der Waals surface area contributed by atoms with Crippen LogP contribution in [0.5, 0.6) is 0 Å². The summed E-state index contributed by atoms with van der Waals surface area (Å²) >= 11 is 1.75. The quantitative estimate of drug-likeness (QED) is 0.720. The highest BCUT2D eigenvalue weighted by Gasteiger charge is 2.09. The SMILES string of the molecule is CC(C)c1nnc2ccc(Sc3ccccc3)cn12. The molecule has 1 aromatic carbocycles. The summed E-state index contributed by atoms with van der Waals surface area (Å²) in [6.45, 7) is 4.26. The molecule has 2 aromatic heterocycles. The second-order valence-corrected chi connectivity index (χ2v) is 5.87. The van der Waals surface area contributed by atoms with E-state index in [0.717, 1.165) is 11.5 Å². The summed E-state index contributed by atoms with van der Waals surface area (Å²) in [5.41, 5.74) is 0.904. The lowest BCUT2D eigenvalue weighted by Crippen LogP contribution is -1.96. The number of hydrogen-bond donors (Lipinski definition) is 0. The van der Waals surface area contributed by atoms with E-state index in [-0.39, 0.29) is 0 Å². The van der Waals surface area contributed by atoms with E-state index in [4.69, 9.17) is 0 Å². The maximum absolute atomic E-state index is 4.25. The lowest BCUT2D eigenvalue weighted by molar-refractivity contribution is 0.756. The van der Waals surface area contributed by atoms with E-state index in [1.807, 2.05) is 12.1 Å². The standard InChI is InChI=1S/C15H15N3S/c1-11(2)15-17-16-14-9-8-13(10-18(14)15)19-12-6-4-3-5-7-12/h3-11H,1-2H3. The second-order valence-electron chi connectivity index (χ2n) is 4.72. The predicted molar refractivity (Wildman–Crippen MR) is 77.6 cm³/mol. The van der Waals surface area contributed by atoms with Crippen molar-refractivity contribution >= 4 is 17.4 Å². The van der Waals surface area contributed by atoms with E-state index < -0.39 is 0 Å². The normalized spacial score (nSPS) is 11.3. The van der Waals surface area contributed by atoms with Gasteiger partial charge in [0.15, 0.2) is 5.65 Å². The third-order valence-corrected chi connectivity index (χ3v) is 3.88. The minimum atomic E-state index is 0.368. The van der Waals surface area contributed by atoms with Gasteiger partial charge in [0.2, 0.25) is 0 Å². The van der Waals surface area contributed by atoms with Crippen molar-refractivity contribution in [2.24, 2.45) is 0 Å². The van der Waals surface area contributed by atoms with Crippen LogP contribution in [0, 0.1) is 0 Å². The number of hydrogen-bond acceptors (Lipinski definition) is 3. The average Bonchev–Trinajstić information content (AvgIpc) is 2.83. The molecule has 2 heterocycles. The second kappa shape index (κ2) is 5.05. The molecular formula is C15H15N3S. The summed E-state index contributed by atoms with van der Waals surface area (Å²) in [6, 6.07) is 14.5. The first-order valence-electron chi connectivity index (χ1n) is 6.31. The van der Waals surface area contributed by atoms with E-state index in [2.05, 4.69) is 65.0 Å². The molecule has 3 aromatic rings. The molecule has 0 amide bonds. The fraction of sp³-hybridized carbons (Fsp3) is 0.200. The predicted octanol–water partition coefficient (Wildman–Crippen LogP) is 4.00. The van der Waals surface area contributed by atoms with Crippen LogP contribution in [-0.4, -0.2) is 14.6 Å². The Labute approximate surface area is 116 Å². The molecule has 0 fully saturated rings. The highest BCUT2D eigenvalue weighted by molar-refractivity contribution is 7.99. The monoisotopic (exact) mass is 269 g/mol. The minimum Gasteiger partial charge on any atom is -0.285 e. The zero-order chi connectivity index (χ0) is 13.2. The summed E-state index contributed by atoms with van der Waals surface area (Å²) in [7, 11) is 0. The molecule has 0 aliphatic heterocycles. The Morgan fingerprint density at radius 3 is 2.47 bits per heavy atom. The highest BCUT2D eigenvalue weighted by Crippen LogP contribution is 2.28. The Hall–Kier alpha value is -1.81. The van der Waals surface area contributed by atoms with Gasteiger partial charge in [-0.2, -0.15) is 0 Å². The number of fused-ring (bicyclic) bond motifs is 1. The summed E-state index contributed by atoms with van der Waals surface area (Å²) in [6.07, 6.45) is 2.11. The van der Waals surface area contributed by atoms with Crippen LogP contribution >= 0.6 is 11.8 Å². The van der Waals surface area contributed by atoms with E-state index in [1.165, 1.54) is 9.79 Å². The molecule has 0 aliphatic carbocycles. The van der Waals surface area contributed by atoms with Crippen molar-refractivity contribution in [1.82, 2.24) is 14.6 Å². The van der Waals surface area contributed by atoms with Crippen LogP contribution in [0.2, 0.25) is 0 Å². The molecule has 0 bridgehead atoms. The largest absolute Gasteiger partial charge is 0.285 e. The van der Waals surface area contributed by atoms with Crippen molar-refractivity contribution in [2.45, 2.75) is 29.6 Å². The van der Waals surface area contributed by atoms with Gasteiger partial charge < -0.3 is 0 Å². The fourth-order valence-corrected chi connectivity index (χ4v) is 2.83. The summed E-state index contributed by atoms with van der Waals surface area (Å²) < 4.78 is 2.08. The molecule has 19 heavy (non-hydrogen) atoms. The van der Waals surface area contributed by atoms with Gasteiger partial charge in [-0.3, -0.25) is 4.40 Å². The van der Waals surface area contributed by atoms with Crippen LogP contribution in [0.25, 0.3) is 5.65 Å². The van der Waals surface area contributed by atoms with Crippen LogP contribution in [-0.2, 0) is 0 Å². The van der Waals surface area contributed by atoms with Crippen LogP contribution in [0.4, 0.5) is 0 Å². The lowest BCUT2D eigenvalue weighted by atomic mass is 10.2. The van der Waals surface area contributed by atoms with Crippen LogP contribution in [0.15, 0.2) is 58.5 Å². The van der Waals surface area contributed by atoms with E-state index in [0.29, 0.717) is 5.92 Å². The Balaban J connectivity index is 1.99. The van der Waals surface area contributed by atoms with Gasteiger partial charge in [0.25, 0.3) is 0 Å². The number of aromatic nitrogens is 3. The van der Waals surface area contributed by atoms with Crippen molar-refractivity contribution < 1.29 is 0 Å². The molecule has 0 radical (unpaired) electrons. The molecule has 0 spiro atoms. The van der Waals surface area contributed by atoms with Gasteiger partial charge in [-0.25, -0.2) is 0 Å². The molecule has 3 nitrogen and oxygen atoms in total. The van der Waals surface area contributed by atoms with Crippen LogP contribution < -0.4 is 0 Å². The topological polar surface area (TPSA) is 30.2 Å². The zero-order valence-electron chi connectivity index (χ0n) is 10.9. The van der Waals surface area contributed by atoms with E-state index >= 15 is 0 Å². The first-order chi connectivity index (χ1) is 9.24. The Bertz CT molecular complexity index is 689. The number of rotatable bonds is 3. The molecule has 0 saturated carbocycles. The third kappa shape index (κ3) is 2.49. The van der Waals surface area contributed by atoms with Crippen molar-refractivity contribution in [3.8, 4) is 0 Å². The molecule has 0 N–H and O–H groups in total. The average molecular weight is 269 g/mol. The van der Waals surface area contributed by atoms with Crippen LogP contribution in [0.1, 0.15) is 25.6 Å².